The van der Waals surface area contributed by atoms with Gasteiger partial charge in [-0.1, -0.05) is 0 Å². The van der Waals surface area contributed by atoms with E-state index in [1.165, 1.54) is 29.5 Å². The topological polar surface area (TPSA) is 59.1 Å². The van der Waals surface area contributed by atoms with Gasteiger partial charge in [-0.05, 0) is 39.5 Å². The van der Waals surface area contributed by atoms with Crippen molar-refractivity contribution in [1.82, 2.24) is 9.21 Å². The summed E-state index contributed by atoms with van der Waals surface area (Å²) in [5, 5.41) is 2.05. The second-order valence-electron chi connectivity index (χ2n) is 5.89. The number of halogens is 1. The smallest absolute Gasteiger partial charge is 0.246 e. The standard InChI is InChI=1S/C17H21BrN2O4S2/c1-23-13-3-4-15(24-2)17(11-13)26(21,22)20-8-6-19(7-9-20)12-16-14(18)5-10-25-16/h3-5,10-11H,6-9,12H2,1-2H3. The van der Waals surface area contributed by atoms with E-state index in [0.717, 1.165) is 11.0 Å². The zero-order chi connectivity index (χ0) is 18.7. The van der Waals surface area contributed by atoms with E-state index in [4.69, 9.17) is 9.47 Å². The Labute approximate surface area is 166 Å². The van der Waals surface area contributed by atoms with Crippen molar-refractivity contribution in [2.45, 2.75) is 11.4 Å². The summed E-state index contributed by atoms with van der Waals surface area (Å²) < 4.78 is 39.2. The molecule has 6 nitrogen and oxygen atoms in total. The molecular formula is C17H21BrN2O4S2. The number of hydrogen-bond donors (Lipinski definition) is 0. The van der Waals surface area contributed by atoms with Crippen molar-refractivity contribution in [2.24, 2.45) is 0 Å². The lowest BCUT2D eigenvalue weighted by molar-refractivity contribution is 0.182. The Kier molecular flexibility index (Phi) is 6.24. The normalized spacial score (nSPS) is 16.6. The molecule has 0 unspecified atom stereocenters. The highest BCUT2D eigenvalue weighted by molar-refractivity contribution is 9.10. The fourth-order valence-electron chi connectivity index (χ4n) is 2.89. The number of methoxy groups -OCH3 is 2. The SMILES string of the molecule is COc1ccc(OC)c(S(=O)(=O)N2CCN(Cc3sccc3Br)CC2)c1. The Bertz CT molecular complexity index is 861. The zero-order valence-corrected chi connectivity index (χ0v) is 17.9. The van der Waals surface area contributed by atoms with Gasteiger partial charge in [0.25, 0.3) is 0 Å². The van der Waals surface area contributed by atoms with Crippen LogP contribution in [0.5, 0.6) is 11.5 Å². The highest BCUT2D eigenvalue weighted by Gasteiger charge is 2.31. The molecule has 1 aromatic heterocycles. The van der Waals surface area contributed by atoms with Gasteiger partial charge >= 0.3 is 0 Å². The number of sulfonamides is 1. The minimum absolute atomic E-state index is 0.147. The first-order chi connectivity index (χ1) is 12.5. The number of piperazine rings is 1. The van der Waals surface area contributed by atoms with Crippen LogP contribution in [-0.4, -0.2) is 58.0 Å². The predicted molar refractivity (Wildman–Crippen MR) is 106 cm³/mol. The lowest BCUT2D eigenvalue weighted by Gasteiger charge is -2.34. The van der Waals surface area contributed by atoms with E-state index in [0.29, 0.717) is 37.7 Å². The van der Waals surface area contributed by atoms with Gasteiger partial charge in [0, 0.05) is 48.1 Å². The van der Waals surface area contributed by atoms with Crippen molar-refractivity contribution in [3.8, 4) is 11.5 Å². The van der Waals surface area contributed by atoms with Crippen molar-refractivity contribution in [1.29, 1.82) is 0 Å². The number of hydrogen-bond acceptors (Lipinski definition) is 6. The van der Waals surface area contributed by atoms with E-state index < -0.39 is 10.0 Å². The predicted octanol–water partition coefficient (Wildman–Crippen LogP) is 3.03. The lowest BCUT2D eigenvalue weighted by Crippen LogP contribution is -2.48. The molecule has 1 saturated heterocycles. The summed E-state index contributed by atoms with van der Waals surface area (Å²) in [4.78, 5) is 3.68. The van der Waals surface area contributed by atoms with Gasteiger partial charge in [0.05, 0.1) is 14.2 Å². The molecule has 0 spiro atoms. The molecule has 1 aromatic carbocycles. The molecule has 1 aliphatic rings. The van der Waals surface area contributed by atoms with E-state index in [9.17, 15) is 8.42 Å². The van der Waals surface area contributed by atoms with Crippen molar-refractivity contribution in [3.63, 3.8) is 0 Å². The quantitative estimate of drug-likeness (QED) is 0.662. The fraction of sp³-hybridized carbons (Fsp3) is 0.412. The maximum absolute atomic E-state index is 13.1. The van der Waals surface area contributed by atoms with Crippen molar-refractivity contribution in [2.75, 3.05) is 40.4 Å². The molecule has 0 radical (unpaired) electrons. The second-order valence-corrected chi connectivity index (χ2v) is 9.65. The highest BCUT2D eigenvalue weighted by atomic mass is 79.9. The zero-order valence-electron chi connectivity index (χ0n) is 14.6. The summed E-state index contributed by atoms with van der Waals surface area (Å²) in [7, 11) is -0.653. The van der Waals surface area contributed by atoms with Gasteiger partial charge in [0.2, 0.25) is 10.0 Å². The summed E-state index contributed by atoms with van der Waals surface area (Å²) in [5.74, 6) is 0.821. The summed E-state index contributed by atoms with van der Waals surface area (Å²) >= 11 is 5.25. The van der Waals surface area contributed by atoms with Crippen LogP contribution in [0.2, 0.25) is 0 Å². The summed E-state index contributed by atoms with van der Waals surface area (Å²) in [5.41, 5.74) is 0. The summed E-state index contributed by atoms with van der Waals surface area (Å²) in [6, 6.07) is 6.87. The van der Waals surface area contributed by atoms with Crippen molar-refractivity contribution in [3.05, 3.63) is 39.0 Å². The number of rotatable bonds is 6. The third-order valence-corrected chi connectivity index (χ3v) is 8.21. The van der Waals surface area contributed by atoms with E-state index in [1.54, 1.807) is 23.5 Å². The van der Waals surface area contributed by atoms with Gasteiger partial charge in [-0.2, -0.15) is 4.31 Å². The van der Waals surface area contributed by atoms with Gasteiger partial charge < -0.3 is 9.47 Å². The highest BCUT2D eigenvalue weighted by Crippen LogP contribution is 2.31. The van der Waals surface area contributed by atoms with Gasteiger partial charge in [0.1, 0.15) is 16.4 Å². The van der Waals surface area contributed by atoms with E-state index in [-0.39, 0.29) is 4.90 Å². The van der Waals surface area contributed by atoms with Crippen LogP contribution in [0, 0.1) is 0 Å². The molecule has 0 aliphatic carbocycles. The van der Waals surface area contributed by atoms with Crippen LogP contribution >= 0.6 is 27.3 Å². The molecular weight excluding hydrogens is 440 g/mol. The van der Waals surface area contributed by atoms with E-state index in [1.807, 2.05) is 6.07 Å². The van der Waals surface area contributed by atoms with Crippen LogP contribution in [-0.2, 0) is 16.6 Å². The molecule has 1 fully saturated rings. The van der Waals surface area contributed by atoms with Crippen LogP contribution in [0.3, 0.4) is 0 Å². The Hall–Kier alpha value is -1.13. The lowest BCUT2D eigenvalue weighted by atomic mass is 10.3. The Morgan fingerprint density at radius 3 is 2.42 bits per heavy atom. The van der Waals surface area contributed by atoms with Crippen LogP contribution in [0.1, 0.15) is 4.88 Å². The third-order valence-electron chi connectivity index (χ3n) is 4.38. The number of thiophene rings is 1. The minimum Gasteiger partial charge on any atom is -0.497 e. The molecule has 142 valence electrons. The molecule has 2 heterocycles. The minimum atomic E-state index is -3.64. The monoisotopic (exact) mass is 460 g/mol. The number of nitrogens with zero attached hydrogens (tertiary/aromatic N) is 2. The molecule has 0 saturated carbocycles. The molecule has 3 rings (SSSR count). The largest absolute Gasteiger partial charge is 0.497 e. The maximum atomic E-state index is 13.1. The first-order valence-corrected chi connectivity index (χ1v) is 11.2. The maximum Gasteiger partial charge on any atom is 0.246 e. The molecule has 0 bridgehead atoms. The summed E-state index contributed by atoms with van der Waals surface area (Å²) in [6.07, 6.45) is 0. The fourth-order valence-corrected chi connectivity index (χ4v) is 6.01. The van der Waals surface area contributed by atoms with Crippen LogP contribution in [0.25, 0.3) is 0 Å². The van der Waals surface area contributed by atoms with E-state index >= 15 is 0 Å². The first kappa shape index (κ1) is 19.6. The summed E-state index contributed by atoms with van der Waals surface area (Å²) in [6.45, 7) is 3.11. The van der Waals surface area contributed by atoms with Gasteiger partial charge in [-0.15, -0.1) is 11.3 Å². The molecule has 9 heteroatoms. The van der Waals surface area contributed by atoms with Crippen molar-refractivity contribution < 1.29 is 17.9 Å². The van der Waals surface area contributed by atoms with Gasteiger partial charge in [-0.25, -0.2) is 8.42 Å². The van der Waals surface area contributed by atoms with Crippen molar-refractivity contribution >= 4 is 37.3 Å². The van der Waals surface area contributed by atoms with Crippen LogP contribution in [0.4, 0.5) is 0 Å². The van der Waals surface area contributed by atoms with E-state index in [2.05, 4.69) is 26.2 Å². The molecule has 0 atom stereocenters. The van der Waals surface area contributed by atoms with Crippen LogP contribution < -0.4 is 9.47 Å². The first-order valence-electron chi connectivity index (χ1n) is 8.12. The Morgan fingerprint density at radius 1 is 1.12 bits per heavy atom. The third kappa shape index (κ3) is 4.07. The molecule has 1 aliphatic heterocycles. The molecule has 26 heavy (non-hydrogen) atoms. The van der Waals surface area contributed by atoms with Crippen LogP contribution in [0.15, 0.2) is 39.0 Å². The second kappa shape index (κ2) is 8.26. The Morgan fingerprint density at radius 2 is 1.85 bits per heavy atom. The number of ether oxygens (including phenoxy) is 2. The Balaban J connectivity index is 1.73. The average Bonchev–Trinajstić information content (AvgIpc) is 3.06. The molecule has 2 aromatic rings. The molecule has 0 amide bonds. The van der Waals surface area contributed by atoms with Gasteiger partial charge in [0.15, 0.2) is 0 Å². The van der Waals surface area contributed by atoms with Gasteiger partial charge in [-0.3, -0.25) is 4.90 Å². The number of benzene rings is 1. The average molecular weight is 461 g/mol. The molecule has 0 N–H and O–H groups in total.